The summed E-state index contributed by atoms with van der Waals surface area (Å²) in [5, 5.41) is 21.4. The summed E-state index contributed by atoms with van der Waals surface area (Å²) in [5.74, 6) is -0.110. The molecular weight excluding hydrogens is 518 g/mol. The number of anilines is 3. The topological polar surface area (TPSA) is 138 Å². The second kappa shape index (κ2) is 9.96. The second-order valence-corrected chi connectivity index (χ2v) is 11.7. The quantitative estimate of drug-likeness (QED) is 0.255. The summed E-state index contributed by atoms with van der Waals surface area (Å²) < 4.78 is 23.9. The molecule has 0 aliphatic carbocycles. The SMILES string of the molecule is Cc1cc2c(cc1C#N)/C(=C/c1ccc([N+](=O)[O-])c(N3CCCCC3)n1)C(=O)N2c1ccc(S(C)(=O)=O)cc1. The largest absolute Gasteiger partial charge is 0.351 e. The fourth-order valence-corrected chi connectivity index (χ4v) is 5.59. The van der Waals surface area contributed by atoms with Crippen LogP contribution < -0.4 is 9.80 Å². The molecule has 3 heterocycles. The lowest BCUT2D eigenvalue weighted by Gasteiger charge is -2.27. The van der Waals surface area contributed by atoms with Gasteiger partial charge in [0.1, 0.15) is 0 Å². The molecule has 0 unspecified atom stereocenters. The number of hydrogen-bond donors (Lipinski definition) is 0. The third kappa shape index (κ3) is 4.86. The summed E-state index contributed by atoms with van der Waals surface area (Å²) in [5.41, 5.74) is 3.20. The first-order valence-corrected chi connectivity index (χ1v) is 14.3. The van der Waals surface area contributed by atoms with E-state index < -0.39 is 14.8 Å². The van der Waals surface area contributed by atoms with Crippen LogP contribution >= 0.6 is 0 Å². The molecule has 11 heteroatoms. The number of amides is 1. The maximum atomic E-state index is 13.8. The van der Waals surface area contributed by atoms with Crippen LogP contribution in [0, 0.1) is 28.4 Å². The molecule has 0 spiro atoms. The Kier molecular flexibility index (Phi) is 6.66. The van der Waals surface area contributed by atoms with E-state index in [4.69, 9.17) is 0 Å². The van der Waals surface area contributed by atoms with Gasteiger partial charge in [-0.05, 0) is 80.3 Å². The van der Waals surface area contributed by atoms with E-state index >= 15 is 0 Å². The molecule has 10 nitrogen and oxygen atoms in total. The molecule has 0 N–H and O–H groups in total. The molecule has 1 fully saturated rings. The Bertz CT molecular complexity index is 1680. The van der Waals surface area contributed by atoms with E-state index in [2.05, 4.69) is 11.1 Å². The molecule has 1 saturated heterocycles. The van der Waals surface area contributed by atoms with Crippen molar-refractivity contribution in [3.05, 3.63) is 81.0 Å². The van der Waals surface area contributed by atoms with Crippen molar-refractivity contribution in [1.82, 2.24) is 4.98 Å². The number of aryl methyl sites for hydroxylation is 1. The summed E-state index contributed by atoms with van der Waals surface area (Å²) in [6, 6.07) is 14.5. The van der Waals surface area contributed by atoms with Gasteiger partial charge in [0, 0.05) is 36.7 Å². The number of sulfone groups is 1. The predicted octanol–water partition coefficient (Wildman–Crippen LogP) is 4.78. The van der Waals surface area contributed by atoms with Crippen molar-refractivity contribution in [2.45, 2.75) is 31.1 Å². The molecule has 2 aliphatic rings. The van der Waals surface area contributed by atoms with Crippen LogP contribution in [0.25, 0.3) is 11.6 Å². The summed E-state index contributed by atoms with van der Waals surface area (Å²) in [6.45, 7) is 3.11. The van der Waals surface area contributed by atoms with Gasteiger partial charge in [0.15, 0.2) is 9.84 Å². The summed E-state index contributed by atoms with van der Waals surface area (Å²) >= 11 is 0. The van der Waals surface area contributed by atoms with Crippen LogP contribution in [-0.2, 0) is 14.6 Å². The number of fused-ring (bicyclic) bond motifs is 1. The third-order valence-electron chi connectivity index (χ3n) is 6.97. The number of piperidine rings is 1. The lowest BCUT2D eigenvalue weighted by atomic mass is 10.00. The molecule has 39 heavy (non-hydrogen) atoms. The number of benzene rings is 2. The Morgan fingerprint density at radius 1 is 1.08 bits per heavy atom. The van der Waals surface area contributed by atoms with Gasteiger partial charge >= 0.3 is 5.69 Å². The maximum Gasteiger partial charge on any atom is 0.311 e. The zero-order valence-electron chi connectivity index (χ0n) is 21.4. The van der Waals surface area contributed by atoms with Crippen LogP contribution in [0.15, 0.2) is 53.4 Å². The standard InChI is InChI=1S/C28H25N5O5S/c1-18-14-26-23(15-19(18)17-29)24(28(34)32(26)21-7-9-22(10-8-21)39(2,37)38)16-20-6-11-25(33(35)36)27(30-20)31-12-4-3-5-13-31/h6-11,14-16H,3-5,12-13H2,1-2H3/b24-16-. The van der Waals surface area contributed by atoms with Gasteiger partial charge in [0.05, 0.1) is 38.4 Å². The van der Waals surface area contributed by atoms with Gasteiger partial charge in [-0.25, -0.2) is 13.4 Å². The van der Waals surface area contributed by atoms with E-state index in [1.54, 1.807) is 37.3 Å². The van der Waals surface area contributed by atoms with Crippen molar-refractivity contribution in [1.29, 1.82) is 5.26 Å². The fourth-order valence-electron chi connectivity index (χ4n) is 4.96. The second-order valence-electron chi connectivity index (χ2n) is 9.64. The normalized spacial score (nSPS) is 16.3. The minimum Gasteiger partial charge on any atom is -0.351 e. The Labute approximate surface area is 225 Å². The molecule has 2 aromatic carbocycles. The molecule has 1 aromatic heterocycles. The summed E-state index contributed by atoms with van der Waals surface area (Å²) in [7, 11) is -3.42. The van der Waals surface area contributed by atoms with Gasteiger partial charge < -0.3 is 4.90 Å². The number of nitriles is 1. The Morgan fingerprint density at radius 3 is 2.38 bits per heavy atom. The molecule has 0 saturated carbocycles. The van der Waals surface area contributed by atoms with Crippen LogP contribution in [0.5, 0.6) is 0 Å². The van der Waals surface area contributed by atoms with E-state index in [0.29, 0.717) is 46.8 Å². The number of carbonyl (C=O) groups is 1. The average Bonchev–Trinajstić information content (AvgIpc) is 3.17. The maximum absolute atomic E-state index is 13.8. The van der Waals surface area contributed by atoms with Crippen LogP contribution in [-0.4, -0.2) is 43.6 Å². The van der Waals surface area contributed by atoms with E-state index in [1.165, 1.54) is 29.2 Å². The number of rotatable bonds is 5. The number of aromatic nitrogens is 1. The zero-order chi connectivity index (χ0) is 27.9. The van der Waals surface area contributed by atoms with Gasteiger partial charge in [-0.2, -0.15) is 5.26 Å². The molecule has 0 bridgehead atoms. The van der Waals surface area contributed by atoms with E-state index in [0.717, 1.165) is 25.5 Å². The highest BCUT2D eigenvalue weighted by atomic mass is 32.2. The van der Waals surface area contributed by atoms with Crippen molar-refractivity contribution in [2.24, 2.45) is 0 Å². The molecular formula is C28H25N5O5S. The monoisotopic (exact) mass is 543 g/mol. The van der Waals surface area contributed by atoms with Crippen molar-refractivity contribution < 1.29 is 18.1 Å². The summed E-state index contributed by atoms with van der Waals surface area (Å²) in [4.78, 5) is 33.2. The average molecular weight is 544 g/mol. The number of nitro groups is 1. The number of carbonyl (C=O) groups excluding carboxylic acids is 1. The molecule has 1 amide bonds. The third-order valence-corrected chi connectivity index (χ3v) is 8.10. The Balaban J connectivity index is 1.64. The van der Waals surface area contributed by atoms with E-state index in [9.17, 15) is 28.6 Å². The van der Waals surface area contributed by atoms with Crippen LogP contribution in [0.3, 0.4) is 0 Å². The molecule has 0 radical (unpaired) electrons. The molecule has 198 valence electrons. The highest BCUT2D eigenvalue weighted by Crippen LogP contribution is 2.44. The first-order valence-electron chi connectivity index (χ1n) is 12.4. The van der Waals surface area contributed by atoms with Crippen LogP contribution in [0.2, 0.25) is 0 Å². The molecule has 3 aromatic rings. The first-order chi connectivity index (χ1) is 18.6. The zero-order valence-corrected chi connectivity index (χ0v) is 22.2. The number of nitrogens with zero attached hydrogens (tertiary/aromatic N) is 5. The number of pyridine rings is 1. The molecule has 5 rings (SSSR count). The van der Waals surface area contributed by atoms with Gasteiger partial charge in [-0.1, -0.05) is 0 Å². The van der Waals surface area contributed by atoms with Gasteiger partial charge in [-0.3, -0.25) is 19.8 Å². The highest BCUT2D eigenvalue weighted by molar-refractivity contribution is 7.90. The van der Waals surface area contributed by atoms with Crippen molar-refractivity contribution >= 4 is 50.3 Å². The summed E-state index contributed by atoms with van der Waals surface area (Å²) in [6.07, 6.45) is 5.58. The first kappa shape index (κ1) is 26.1. The smallest absolute Gasteiger partial charge is 0.311 e. The fraction of sp³-hybridized carbons (Fsp3) is 0.250. The lowest BCUT2D eigenvalue weighted by Crippen LogP contribution is -2.30. The minimum absolute atomic E-state index is 0.0906. The highest BCUT2D eigenvalue weighted by Gasteiger charge is 2.35. The van der Waals surface area contributed by atoms with Crippen molar-refractivity contribution in [3.8, 4) is 6.07 Å². The van der Waals surface area contributed by atoms with E-state index in [-0.39, 0.29) is 27.9 Å². The lowest BCUT2D eigenvalue weighted by molar-refractivity contribution is -0.384. The molecule has 0 atom stereocenters. The van der Waals surface area contributed by atoms with Crippen LogP contribution in [0.1, 0.15) is 41.6 Å². The van der Waals surface area contributed by atoms with Crippen LogP contribution in [0.4, 0.5) is 22.9 Å². The molecule has 2 aliphatic heterocycles. The van der Waals surface area contributed by atoms with Crippen molar-refractivity contribution in [2.75, 3.05) is 29.1 Å². The van der Waals surface area contributed by atoms with E-state index in [1.807, 2.05) is 4.90 Å². The van der Waals surface area contributed by atoms with Crippen molar-refractivity contribution in [3.63, 3.8) is 0 Å². The Morgan fingerprint density at radius 2 is 1.77 bits per heavy atom. The van der Waals surface area contributed by atoms with Gasteiger partial charge in [0.2, 0.25) is 5.82 Å². The van der Waals surface area contributed by atoms with Gasteiger partial charge in [-0.15, -0.1) is 0 Å². The predicted molar refractivity (Wildman–Crippen MR) is 147 cm³/mol. The number of hydrogen-bond acceptors (Lipinski definition) is 8. The minimum atomic E-state index is -3.42. The Hall–Kier alpha value is -4.56. The van der Waals surface area contributed by atoms with Gasteiger partial charge in [0.25, 0.3) is 5.91 Å².